The van der Waals surface area contributed by atoms with E-state index in [2.05, 4.69) is 63.7 Å². The molecule has 3 heteroatoms. The average molecular weight is 294 g/mol. The van der Waals surface area contributed by atoms with E-state index in [1.165, 1.54) is 18.5 Å². The summed E-state index contributed by atoms with van der Waals surface area (Å²) in [6, 6.07) is 0.674. The van der Waals surface area contributed by atoms with Gasteiger partial charge in [-0.1, -0.05) is 13.8 Å². The quantitative estimate of drug-likeness (QED) is 0.672. The predicted octanol–water partition coefficient (Wildman–Crippen LogP) is 4.03. The van der Waals surface area contributed by atoms with E-state index < -0.39 is 0 Å². The van der Waals surface area contributed by atoms with Gasteiger partial charge in [0.15, 0.2) is 0 Å². The Morgan fingerprint density at radius 1 is 1.24 bits per heavy atom. The highest BCUT2D eigenvalue weighted by Crippen LogP contribution is 2.27. The minimum absolute atomic E-state index is 0.110. The van der Waals surface area contributed by atoms with Gasteiger partial charge >= 0.3 is 0 Å². The van der Waals surface area contributed by atoms with Gasteiger partial charge in [0.1, 0.15) is 5.76 Å². The number of methoxy groups -OCH3 is 1. The zero-order chi connectivity index (χ0) is 16.0. The maximum Gasteiger partial charge on any atom is 0.116 e. The lowest BCUT2D eigenvalue weighted by molar-refractivity contribution is 0.107. The SMILES string of the molecule is CCC(CC)N(C)CC(C)(C)N(C)C1=CC(OC)=CCC1. The highest BCUT2D eigenvalue weighted by Gasteiger charge is 2.29. The lowest BCUT2D eigenvalue weighted by Gasteiger charge is -2.43. The minimum Gasteiger partial charge on any atom is -0.497 e. The van der Waals surface area contributed by atoms with Gasteiger partial charge in [0.25, 0.3) is 0 Å². The van der Waals surface area contributed by atoms with Crippen LogP contribution in [-0.2, 0) is 4.74 Å². The normalized spacial score (nSPS) is 16.0. The molecule has 122 valence electrons. The number of nitrogens with zero attached hydrogens (tertiary/aromatic N) is 2. The van der Waals surface area contributed by atoms with Crippen molar-refractivity contribution in [3.05, 3.63) is 23.6 Å². The topological polar surface area (TPSA) is 15.7 Å². The first-order valence-corrected chi connectivity index (χ1v) is 8.24. The van der Waals surface area contributed by atoms with E-state index in [0.717, 1.165) is 25.1 Å². The molecule has 0 spiro atoms. The summed E-state index contributed by atoms with van der Waals surface area (Å²) in [7, 11) is 6.21. The molecular weight excluding hydrogens is 260 g/mol. The van der Waals surface area contributed by atoms with Gasteiger partial charge < -0.3 is 14.5 Å². The van der Waals surface area contributed by atoms with Crippen LogP contribution in [0.5, 0.6) is 0 Å². The van der Waals surface area contributed by atoms with Gasteiger partial charge in [0.2, 0.25) is 0 Å². The molecule has 0 atom stereocenters. The first kappa shape index (κ1) is 18.1. The number of ether oxygens (including phenoxy) is 1. The molecule has 0 fully saturated rings. The molecule has 21 heavy (non-hydrogen) atoms. The third-order valence-electron chi connectivity index (χ3n) is 4.83. The van der Waals surface area contributed by atoms with Crippen LogP contribution < -0.4 is 0 Å². The fourth-order valence-corrected chi connectivity index (χ4v) is 3.21. The second kappa shape index (κ2) is 7.88. The van der Waals surface area contributed by atoms with Gasteiger partial charge in [-0.25, -0.2) is 0 Å². The van der Waals surface area contributed by atoms with E-state index in [1.807, 2.05) is 0 Å². The molecule has 0 heterocycles. The molecule has 0 saturated heterocycles. The van der Waals surface area contributed by atoms with Crippen molar-refractivity contribution in [2.75, 3.05) is 27.7 Å². The van der Waals surface area contributed by atoms with Crippen LogP contribution in [0.2, 0.25) is 0 Å². The first-order chi connectivity index (χ1) is 9.85. The molecule has 0 N–H and O–H groups in total. The molecule has 0 aromatic carbocycles. The van der Waals surface area contributed by atoms with Crippen LogP contribution >= 0.6 is 0 Å². The molecule has 1 aliphatic rings. The van der Waals surface area contributed by atoms with Crippen LogP contribution in [0.1, 0.15) is 53.4 Å². The summed E-state index contributed by atoms with van der Waals surface area (Å²) in [5.74, 6) is 0.993. The van der Waals surface area contributed by atoms with Crippen LogP contribution in [0.4, 0.5) is 0 Å². The summed E-state index contributed by atoms with van der Waals surface area (Å²) >= 11 is 0. The summed E-state index contributed by atoms with van der Waals surface area (Å²) in [6.07, 6.45) is 8.94. The number of allylic oxidation sites excluding steroid dienone is 3. The van der Waals surface area contributed by atoms with Crippen LogP contribution in [-0.4, -0.2) is 49.1 Å². The second-order valence-corrected chi connectivity index (χ2v) is 6.74. The van der Waals surface area contributed by atoms with E-state index >= 15 is 0 Å². The summed E-state index contributed by atoms with van der Waals surface area (Å²) < 4.78 is 5.39. The van der Waals surface area contributed by atoms with Gasteiger partial charge in [0, 0.05) is 30.9 Å². The zero-order valence-electron chi connectivity index (χ0n) is 15.1. The monoisotopic (exact) mass is 294 g/mol. The molecule has 3 nitrogen and oxygen atoms in total. The lowest BCUT2D eigenvalue weighted by atomic mass is 9.97. The van der Waals surface area contributed by atoms with Crippen LogP contribution in [0.3, 0.4) is 0 Å². The van der Waals surface area contributed by atoms with Gasteiger partial charge in [-0.15, -0.1) is 0 Å². The first-order valence-electron chi connectivity index (χ1n) is 8.24. The van der Waals surface area contributed by atoms with Gasteiger partial charge in [-0.05, 0) is 58.7 Å². The van der Waals surface area contributed by atoms with E-state index in [1.54, 1.807) is 7.11 Å². The van der Waals surface area contributed by atoms with Gasteiger partial charge in [-0.3, -0.25) is 0 Å². The Morgan fingerprint density at radius 3 is 2.38 bits per heavy atom. The van der Waals surface area contributed by atoms with E-state index in [4.69, 9.17) is 4.74 Å². The van der Waals surface area contributed by atoms with Crippen molar-refractivity contribution in [1.82, 2.24) is 9.80 Å². The van der Waals surface area contributed by atoms with Crippen LogP contribution in [0, 0.1) is 0 Å². The van der Waals surface area contributed by atoms with E-state index in [0.29, 0.717) is 6.04 Å². The van der Waals surface area contributed by atoms with Gasteiger partial charge in [0.05, 0.1) is 7.11 Å². The largest absolute Gasteiger partial charge is 0.497 e. The highest BCUT2D eigenvalue weighted by atomic mass is 16.5. The molecule has 0 amide bonds. The maximum absolute atomic E-state index is 5.39. The molecule has 1 rings (SSSR count). The minimum atomic E-state index is 0.110. The fourth-order valence-electron chi connectivity index (χ4n) is 3.21. The van der Waals surface area contributed by atoms with Crippen molar-refractivity contribution >= 4 is 0 Å². The van der Waals surface area contributed by atoms with Crippen molar-refractivity contribution in [3.8, 4) is 0 Å². The van der Waals surface area contributed by atoms with Crippen molar-refractivity contribution < 1.29 is 4.74 Å². The highest BCUT2D eigenvalue weighted by molar-refractivity contribution is 5.23. The summed E-state index contributed by atoms with van der Waals surface area (Å²) in [4.78, 5) is 4.94. The smallest absolute Gasteiger partial charge is 0.116 e. The number of rotatable bonds is 8. The molecule has 0 bridgehead atoms. The van der Waals surface area contributed by atoms with E-state index in [9.17, 15) is 0 Å². The van der Waals surface area contributed by atoms with Gasteiger partial charge in [-0.2, -0.15) is 0 Å². The third kappa shape index (κ3) is 4.77. The fraction of sp³-hybridized carbons (Fsp3) is 0.778. The predicted molar refractivity (Wildman–Crippen MR) is 91.3 cm³/mol. The summed E-state index contributed by atoms with van der Waals surface area (Å²) in [5.41, 5.74) is 1.48. The van der Waals surface area contributed by atoms with Crippen molar-refractivity contribution in [3.63, 3.8) is 0 Å². The van der Waals surface area contributed by atoms with Crippen molar-refractivity contribution in [2.24, 2.45) is 0 Å². The second-order valence-electron chi connectivity index (χ2n) is 6.74. The number of hydrogen-bond acceptors (Lipinski definition) is 3. The number of hydrogen-bond donors (Lipinski definition) is 0. The molecular formula is C18H34N2O. The molecule has 0 aromatic rings. The van der Waals surface area contributed by atoms with Crippen LogP contribution in [0.15, 0.2) is 23.6 Å². The standard InChI is InChI=1S/C18H34N2O/c1-8-15(9-2)19(5)14-18(3,4)20(6)16-11-10-12-17(13-16)21-7/h12-13,15H,8-11,14H2,1-7H3. The number of likely N-dealkylation sites (N-methyl/N-ethyl adjacent to an activating group) is 2. The van der Waals surface area contributed by atoms with Crippen LogP contribution in [0.25, 0.3) is 0 Å². The third-order valence-corrected chi connectivity index (χ3v) is 4.83. The molecule has 0 unspecified atom stereocenters. The molecule has 1 aliphatic carbocycles. The van der Waals surface area contributed by atoms with E-state index in [-0.39, 0.29) is 5.54 Å². The Morgan fingerprint density at radius 2 is 1.86 bits per heavy atom. The molecule has 0 saturated carbocycles. The maximum atomic E-state index is 5.39. The lowest BCUT2D eigenvalue weighted by Crippen LogP contribution is -2.50. The molecule has 0 radical (unpaired) electrons. The summed E-state index contributed by atoms with van der Waals surface area (Å²) in [6.45, 7) is 10.3. The van der Waals surface area contributed by atoms with Crippen molar-refractivity contribution in [1.29, 1.82) is 0 Å². The Balaban J connectivity index is 2.77. The Hall–Kier alpha value is -0.960. The Bertz CT molecular complexity index is 381. The Labute approximate surface area is 131 Å². The zero-order valence-corrected chi connectivity index (χ0v) is 15.1. The molecule has 0 aromatic heterocycles. The molecule has 0 aliphatic heterocycles. The summed E-state index contributed by atoms with van der Waals surface area (Å²) in [5, 5.41) is 0. The Kier molecular flexibility index (Phi) is 6.79. The van der Waals surface area contributed by atoms with Crippen molar-refractivity contribution in [2.45, 2.75) is 65.0 Å². The average Bonchev–Trinajstić information content (AvgIpc) is 2.47.